The first-order valence-corrected chi connectivity index (χ1v) is 18.2. The van der Waals surface area contributed by atoms with Gasteiger partial charge < -0.3 is 10.2 Å². The third-order valence-corrected chi connectivity index (χ3v) is 16.7. The molecule has 4 heteroatoms. The van der Waals surface area contributed by atoms with E-state index in [0.717, 1.165) is 77.0 Å². The number of carbonyl (C=O) groups excluding carboxylic acids is 2. The summed E-state index contributed by atoms with van der Waals surface area (Å²) in [5.41, 5.74) is 0.419. The molecule has 8 aliphatic carbocycles. The van der Waals surface area contributed by atoms with E-state index in [-0.39, 0.29) is 21.7 Å². The molecule has 12 atom stereocenters. The van der Waals surface area contributed by atoms with Gasteiger partial charge in [0.25, 0.3) is 0 Å². The van der Waals surface area contributed by atoms with Gasteiger partial charge in [0.15, 0.2) is 11.6 Å². The summed E-state index contributed by atoms with van der Waals surface area (Å²) in [6.45, 7) is 9.46. The number of fused-ring (bicyclic) bond motifs is 10. The van der Waals surface area contributed by atoms with Gasteiger partial charge in [0, 0.05) is 23.7 Å². The van der Waals surface area contributed by atoms with Gasteiger partial charge in [-0.25, -0.2) is 0 Å². The van der Waals surface area contributed by atoms with Crippen LogP contribution in [0.2, 0.25) is 0 Å². The quantitative estimate of drug-likeness (QED) is 0.283. The number of aliphatic hydroxyl groups is 2. The minimum atomic E-state index is -1.06. The van der Waals surface area contributed by atoms with Crippen molar-refractivity contribution >= 4 is 11.6 Å². The van der Waals surface area contributed by atoms with E-state index in [1.165, 1.54) is 11.1 Å². The third-order valence-electron chi connectivity index (χ3n) is 16.7. The van der Waals surface area contributed by atoms with E-state index in [1.807, 2.05) is 12.2 Å². The van der Waals surface area contributed by atoms with Crippen molar-refractivity contribution in [3.8, 4) is 11.8 Å². The van der Waals surface area contributed by atoms with Gasteiger partial charge >= 0.3 is 0 Å². The summed E-state index contributed by atoms with van der Waals surface area (Å²) < 4.78 is 0. The van der Waals surface area contributed by atoms with E-state index in [4.69, 9.17) is 0 Å². The van der Waals surface area contributed by atoms with Crippen LogP contribution < -0.4 is 0 Å². The van der Waals surface area contributed by atoms with E-state index in [9.17, 15) is 19.8 Å². The maximum absolute atomic E-state index is 12.4. The number of hydrogen-bond acceptors (Lipinski definition) is 4. The zero-order valence-corrected chi connectivity index (χ0v) is 27.6. The average Bonchev–Trinajstić information content (AvgIpc) is 3.42. The molecule has 0 aliphatic heterocycles. The molecule has 0 saturated heterocycles. The summed E-state index contributed by atoms with van der Waals surface area (Å²) in [6, 6.07) is 0. The molecule has 4 nitrogen and oxygen atoms in total. The minimum Gasteiger partial charge on any atom is -0.377 e. The summed E-state index contributed by atoms with van der Waals surface area (Å²) in [5, 5.41) is 24.8. The Labute approximate surface area is 264 Å². The standard InChI is InChI=1S/C40H54O4/c1-35-15-9-27(41)23-25(35)5-7-29-31(35)11-17-37(3)33(29)13-19-39(37,43)21-22-40(44)20-14-34-30-8-6-26-24-28(42)10-16-36(26,2)32(30)12-18-38(34,40)4/h23-24,29-34,43-44H,5-20H2,1-4H3/t29-,30-,31+,32+,33+,34+,35+,36+,37+,38+,39-,40-/m1/s1. The molecule has 44 heavy (non-hydrogen) atoms. The van der Waals surface area contributed by atoms with Crippen molar-refractivity contribution < 1.29 is 19.8 Å². The van der Waals surface area contributed by atoms with Crippen LogP contribution in [0.1, 0.15) is 130 Å². The molecular weight excluding hydrogens is 544 g/mol. The normalized spacial score (nSPS) is 54.3. The highest BCUT2D eigenvalue weighted by atomic mass is 16.3. The largest absolute Gasteiger partial charge is 0.377 e. The Balaban J connectivity index is 1.05. The molecule has 0 amide bonds. The van der Waals surface area contributed by atoms with Crippen LogP contribution in [0.3, 0.4) is 0 Å². The lowest BCUT2D eigenvalue weighted by atomic mass is 9.46. The Morgan fingerprint density at radius 2 is 0.932 bits per heavy atom. The number of rotatable bonds is 0. The van der Waals surface area contributed by atoms with Crippen LogP contribution in [0.5, 0.6) is 0 Å². The van der Waals surface area contributed by atoms with Gasteiger partial charge in [-0.1, -0.05) is 50.7 Å². The molecule has 0 aromatic carbocycles. The topological polar surface area (TPSA) is 74.6 Å². The summed E-state index contributed by atoms with van der Waals surface area (Å²) in [5.74, 6) is 10.8. The van der Waals surface area contributed by atoms with Gasteiger partial charge in [0.05, 0.1) is 0 Å². The number of allylic oxidation sites excluding steroid dienone is 2. The maximum Gasteiger partial charge on any atom is 0.155 e. The van der Waals surface area contributed by atoms with Gasteiger partial charge in [-0.3, -0.25) is 9.59 Å². The molecule has 0 heterocycles. The van der Waals surface area contributed by atoms with Gasteiger partial charge in [-0.15, -0.1) is 0 Å². The summed E-state index contributed by atoms with van der Waals surface area (Å²) in [7, 11) is 0. The second-order valence-electron chi connectivity index (χ2n) is 17.9. The Kier molecular flexibility index (Phi) is 6.37. The first-order valence-electron chi connectivity index (χ1n) is 18.2. The molecule has 6 fully saturated rings. The molecule has 0 bridgehead atoms. The lowest BCUT2D eigenvalue weighted by Crippen LogP contribution is -2.55. The molecular formula is C40H54O4. The highest BCUT2D eigenvalue weighted by Gasteiger charge is 2.66. The van der Waals surface area contributed by atoms with Crippen LogP contribution in [0, 0.1) is 69.0 Å². The monoisotopic (exact) mass is 598 g/mol. The SMILES string of the molecule is C[C@]12CCC(=O)C=C1CC[C@@H]1[C@@H]2CC[C@@]2(C)[C@H]1CC[C@@]2(O)C#C[C@]1(O)CC[C@H]2[C@@H]3CCC4=CC(=O)CC[C@]4(C)[C@H]3CC[C@@]21C. The predicted molar refractivity (Wildman–Crippen MR) is 171 cm³/mol. The molecule has 238 valence electrons. The molecule has 0 spiro atoms. The Morgan fingerprint density at radius 1 is 0.545 bits per heavy atom. The minimum absolute atomic E-state index is 0.131. The van der Waals surface area contributed by atoms with Crippen LogP contribution in [-0.4, -0.2) is 33.0 Å². The summed E-state index contributed by atoms with van der Waals surface area (Å²) in [6.07, 6.45) is 19.1. The van der Waals surface area contributed by atoms with Gasteiger partial charge in [-0.2, -0.15) is 0 Å². The zero-order valence-electron chi connectivity index (χ0n) is 27.6. The van der Waals surface area contributed by atoms with Crippen LogP contribution in [0.4, 0.5) is 0 Å². The lowest BCUT2D eigenvalue weighted by Gasteiger charge is -2.59. The molecule has 8 aliphatic rings. The van der Waals surface area contributed by atoms with Crippen LogP contribution in [-0.2, 0) is 9.59 Å². The first-order chi connectivity index (χ1) is 20.8. The molecule has 0 aromatic rings. The zero-order chi connectivity index (χ0) is 30.9. The smallest absolute Gasteiger partial charge is 0.155 e. The van der Waals surface area contributed by atoms with E-state index in [1.54, 1.807) is 0 Å². The molecule has 6 saturated carbocycles. The van der Waals surface area contributed by atoms with E-state index < -0.39 is 11.2 Å². The molecule has 0 aromatic heterocycles. The Bertz CT molecular complexity index is 1320. The fourth-order valence-electron chi connectivity index (χ4n) is 13.8. The van der Waals surface area contributed by atoms with Gasteiger partial charge in [0.2, 0.25) is 0 Å². The van der Waals surface area contributed by atoms with Crippen molar-refractivity contribution in [1.29, 1.82) is 0 Å². The van der Waals surface area contributed by atoms with E-state index in [0.29, 0.717) is 72.8 Å². The molecule has 2 N–H and O–H groups in total. The van der Waals surface area contributed by atoms with Gasteiger partial charge in [-0.05, 0) is 148 Å². The second-order valence-corrected chi connectivity index (χ2v) is 17.9. The molecule has 0 unspecified atom stereocenters. The second kappa shape index (κ2) is 9.44. The Hall–Kier alpha value is -1.70. The first kappa shape index (κ1) is 29.7. The predicted octanol–water partition coefficient (Wildman–Crippen LogP) is 7.52. The summed E-state index contributed by atoms with van der Waals surface area (Å²) >= 11 is 0. The lowest BCUT2D eigenvalue weighted by molar-refractivity contribution is -0.120. The van der Waals surface area contributed by atoms with Crippen molar-refractivity contribution in [1.82, 2.24) is 0 Å². The van der Waals surface area contributed by atoms with Crippen molar-refractivity contribution in [3.05, 3.63) is 23.3 Å². The Morgan fingerprint density at radius 3 is 1.34 bits per heavy atom. The number of carbonyl (C=O) groups is 2. The number of hydrogen-bond donors (Lipinski definition) is 2. The van der Waals surface area contributed by atoms with Crippen molar-refractivity contribution in [2.24, 2.45) is 57.2 Å². The fourth-order valence-corrected chi connectivity index (χ4v) is 13.8. The third kappa shape index (κ3) is 3.72. The van der Waals surface area contributed by atoms with E-state index >= 15 is 0 Å². The van der Waals surface area contributed by atoms with E-state index in [2.05, 4.69) is 39.5 Å². The summed E-state index contributed by atoms with van der Waals surface area (Å²) in [4.78, 5) is 24.5. The molecule has 0 radical (unpaired) electrons. The van der Waals surface area contributed by atoms with Crippen LogP contribution in [0.25, 0.3) is 0 Å². The van der Waals surface area contributed by atoms with Crippen molar-refractivity contribution in [2.45, 2.75) is 142 Å². The molecule has 8 rings (SSSR count). The van der Waals surface area contributed by atoms with Crippen LogP contribution >= 0.6 is 0 Å². The average molecular weight is 599 g/mol. The van der Waals surface area contributed by atoms with Crippen molar-refractivity contribution in [2.75, 3.05) is 0 Å². The number of ketones is 2. The van der Waals surface area contributed by atoms with Crippen LogP contribution in [0.15, 0.2) is 23.3 Å². The highest BCUT2D eigenvalue weighted by Crippen LogP contribution is 2.69. The highest BCUT2D eigenvalue weighted by molar-refractivity contribution is 5.92. The van der Waals surface area contributed by atoms with Gasteiger partial charge in [0.1, 0.15) is 11.2 Å². The van der Waals surface area contributed by atoms with Crippen molar-refractivity contribution in [3.63, 3.8) is 0 Å². The fraction of sp³-hybridized carbons (Fsp3) is 0.800. The maximum atomic E-state index is 12.4.